The molecule has 1 aromatic rings. The summed E-state index contributed by atoms with van der Waals surface area (Å²) in [4.78, 5) is 9.18. The van der Waals surface area contributed by atoms with Crippen molar-refractivity contribution >= 4 is 35.6 Å². The Hall–Kier alpha value is -1.09. The fraction of sp³-hybridized carbons (Fsp3) is 0.611. The number of halogens is 2. The fourth-order valence-corrected chi connectivity index (χ4v) is 3.10. The molecule has 0 radical (unpaired) electrons. The molecule has 0 atom stereocenters. The minimum Gasteiger partial charge on any atom is -0.380 e. The average molecular weight is 462 g/mol. The standard InChI is InChI=1S/C18H27FN4O.HI/c1-3-20-17(21-12-18(2)13-24-14-18)23-10-8-22(9-11-23)16-7-5-4-6-15(16)19;/h4-7H,3,8-14H2,1-2H3,(H,20,21);1H. The van der Waals surface area contributed by atoms with Crippen molar-refractivity contribution in [1.82, 2.24) is 10.2 Å². The lowest BCUT2D eigenvalue weighted by molar-refractivity contribution is -0.0946. The van der Waals surface area contributed by atoms with Crippen LogP contribution in [0.25, 0.3) is 0 Å². The number of aliphatic imine (C=N–C) groups is 1. The molecule has 3 rings (SSSR count). The van der Waals surface area contributed by atoms with E-state index in [9.17, 15) is 4.39 Å². The van der Waals surface area contributed by atoms with Gasteiger partial charge in [-0.3, -0.25) is 4.99 Å². The van der Waals surface area contributed by atoms with Crippen LogP contribution in [0.4, 0.5) is 10.1 Å². The van der Waals surface area contributed by atoms with Gasteiger partial charge < -0.3 is 19.9 Å². The number of para-hydroxylation sites is 1. The molecule has 7 heteroatoms. The van der Waals surface area contributed by atoms with Crippen molar-refractivity contribution in [3.63, 3.8) is 0 Å². The Morgan fingerprint density at radius 2 is 1.92 bits per heavy atom. The zero-order valence-electron chi connectivity index (χ0n) is 15.0. The van der Waals surface area contributed by atoms with Gasteiger partial charge in [0.15, 0.2) is 5.96 Å². The zero-order chi connectivity index (χ0) is 17.0. The van der Waals surface area contributed by atoms with Gasteiger partial charge in [-0.25, -0.2) is 4.39 Å². The molecule has 140 valence electrons. The maximum atomic E-state index is 13.9. The van der Waals surface area contributed by atoms with Crippen molar-refractivity contribution < 1.29 is 9.13 Å². The summed E-state index contributed by atoms with van der Waals surface area (Å²) in [5.41, 5.74) is 0.869. The first-order chi connectivity index (χ1) is 11.6. The summed E-state index contributed by atoms with van der Waals surface area (Å²) < 4.78 is 19.2. The number of anilines is 1. The Kier molecular flexibility index (Phi) is 7.30. The van der Waals surface area contributed by atoms with E-state index in [0.29, 0.717) is 5.69 Å². The van der Waals surface area contributed by atoms with Gasteiger partial charge in [0.1, 0.15) is 5.82 Å². The number of nitrogens with one attached hydrogen (secondary N) is 1. The number of hydrogen-bond acceptors (Lipinski definition) is 3. The lowest BCUT2D eigenvalue weighted by Gasteiger charge is -2.39. The van der Waals surface area contributed by atoms with Gasteiger partial charge in [-0.2, -0.15) is 0 Å². The first-order valence-electron chi connectivity index (χ1n) is 8.72. The third-order valence-electron chi connectivity index (χ3n) is 4.62. The van der Waals surface area contributed by atoms with Gasteiger partial charge in [0.05, 0.1) is 25.4 Å². The molecule has 1 N–H and O–H groups in total. The van der Waals surface area contributed by atoms with Crippen molar-refractivity contribution in [2.45, 2.75) is 13.8 Å². The van der Waals surface area contributed by atoms with Gasteiger partial charge in [0, 0.05) is 38.1 Å². The van der Waals surface area contributed by atoms with Crippen molar-refractivity contribution in [3.8, 4) is 0 Å². The van der Waals surface area contributed by atoms with Crippen LogP contribution in [0.1, 0.15) is 13.8 Å². The third kappa shape index (κ3) is 4.97. The Bertz CT molecular complexity index is 586. The summed E-state index contributed by atoms with van der Waals surface area (Å²) in [5.74, 6) is 0.809. The number of piperazine rings is 1. The quantitative estimate of drug-likeness (QED) is 0.425. The average Bonchev–Trinajstić information content (AvgIpc) is 2.58. The molecule has 2 fully saturated rings. The van der Waals surface area contributed by atoms with Crippen LogP contribution < -0.4 is 10.2 Å². The van der Waals surface area contributed by atoms with Crippen molar-refractivity contribution in [2.75, 3.05) is 57.4 Å². The van der Waals surface area contributed by atoms with Crippen molar-refractivity contribution in [2.24, 2.45) is 10.4 Å². The van der Waals surface area contributed by atoms with Crippen LogP contribution in [0, 0.1) is 11.2 Å². The van der Waals surface area contributed by atoms with Crippen LogP contribution in [-0.2, 0) is 4.74 Å². The van der Waals surface area contributed by atoms with Crippen LogP contribution >= 0.6 is 24.0 Å². The number of benzene rings is 1. The van der Waals surface area contributed by atoms with E-state index in [4.69, 9.17) is 9.73 Å². The Morgan fingerprint density at radius 1 is 1.24 bits per heavy atom. The van der Waals surface area contributed by atoms with Crippen molar-refractivity contribution in [3.05, 3.63) is 30.1 Å². The van der Waals surface area contributed by atoms with Crippen LogP contribution in [0.2, 0.25) is 0 Å². The van der Waals surface area contributed by atoms with Gasteiger partial charge in [0.25, 0.3) is 0 Å². The molecule has 5 nitrogen and oxygen atoms in total. The summed E-state index contributed by atoms with van der Waals surface area (Å²) in [5, 5.41) is 3.38. The number of nitrogens with zero attached hydrogens (tertiary/aromatic N) is 3. The molecular formula is C18H28FIN4O. The summed E-state index contributed by atoms with van der Waals surface area (Å²) in [7, 11) is 0. The van der Waals surface area contributed by atoms with E-state index in [1.165, 1.54) is 6.07 Å². The van der Waals surface area contributed by atoms with Gasteiger partial charge in [0.2, 0.25) is 0 Å². The Morgan fingerprint density at radius 3 is 2.48 bits per heavy atom. The van der Waals surface area contributed by atoms with E-state index >= 15 is 0 Å². The molecular weight excluding hydrogens is 434 g/mol. The Balaban J connectivity index is 0.00000225. The van der Waals surface area contributed by atoms with E-state index in [0.717, 1.165) is 58.4 Å². The number of guanidine groups is 1. The smallest absolute Gasteiger partial charge is 0.194 e. The summed E-state index contributed by atoms with van der Waals surface area (Å²) in [6, 6.07) is 6.99. The van der Waals surface area contributed by atoms with Crippen LogP contribution in [-0.4, -0.2) is 63.3 Å². The molecule has 0 spiro atoms. The summed E-state index contributed by atoms with van der Waals surface area (Å²) in [6.45, 7) is 10.8. The highest BCUT2D eigenvalue weighted by Gasteiger charge is 2.33. The largest absolute Gasteiger partial charge is 0.380 e. The SMILES string of the molecule is CCNC(=NCC1(C)COC1)N1CCN(c2ccccc2F)CC1.I. The second-order valence-corrected chi connectivity index (χ2v) is 6.90. The van der Waals surface area contributed by atoms with Crippen LogP contribution in [0.3, 0.4) is 0 Å². The Labute approximate surface area is 166 Å². The molecule has 0 saturated carbocycles. The van der Waals surface area contributed by atoms with E-state index in [2.05, 4.69) is 29.0 Å². The number of rotatable bonds is 4. The molecule has 0 aliphatic carbocycles. The van der Waals surface area contributed by atoms with E-state index in [-0.39, 0.29) is 35.2 Å². The highest BCUT2D eigenvalue weighted by atomic mass is 127. The van der Waals surface area contributed by atoms with E-state index in [1.807, 2.05) is 12.1 Å². The topological polar surface area (TPSA) is 40.1 Å². The molecule has 0 bridgehead atoms. The van der Waals surface area contributed by atoms with E-state index in [1.54, 1.807) is 6.07 Å². The highest BCUT2D eigenvalue weighted by molar-refractivity contribution is 14.0. The first-order valence-corrected chi connectivity index (χ1v) is 8.72. The molecule has 25 heavy (non-hydrogen) atoms. The maximum Gasteiger partial charge on any atom is 0.194 e. The molecule has 2 aliphatic heterocycles. The molecule has 2 heterocycles. The molecule has 2 saturated heterocycles. The highest BCUT2D eigenvalue weighted by Crippen LogP contribution is 2.26. The third-order valence-corrected chi connectivity index (χ3v) is 4.62. The van der Waals surface area contributed by atoms with E-state index < -0.39 is 0 Å². The summed E-state index contributed by atoms with van der Waals surface area (Å²) in [6.07, 6.45) is 0. The lowest BCUT2D eigenvalue weighted by Crippen LogP contribution is -2.53. The van der Waals surface area contributed by atoms with Gasteiger partial charge in [-0.15, -0.1) is 24.0 Å². The lowest BCUT2D eigenvalue weighted by atomic mass is 9.89. The van der Waals surface area contributed by atoms with Crippen molar-refractivity contribution in [1.29, 1.82) is 0 Å². The second kappa shape index (κ2) is 9.02. The molecule has 0 unspecified atom stereocenters. The second-order valence-electron chi connectivity index (χ2n) is 6.90. The molecule has 0 aromatic heterocycles. The predicted octanol–water partition coefficient (Wildman–Crippen LogP) is 2.57. The molecule has 0 amide bonds. The van der Waals surface area contributed by atoms with Gasteiger partial charge in [-0.1, -0.05) is 19.1 Å². The monoisotopic (exact) mass is 462 g/mol. The maximum absolute atomic E-state index is 13.9. The first kappa shape index (κ1) is 20.2. The van der Waals surface area contributed by atoms with Gasteiger partial charge >= 0.3 is 0 Å². The molecule has 2 aliphatic rings. The number of hydrogen-bond donors (Lipinski definition) is 1. The normalized spacial score (nSPS) is 19.9. The molecule has 1 aromatic carbocycles. The minimum absolute atomic E-state index is 0. The minimum atomic E-state index is -0.149. The fourth-order valence-electron chi connectivity index (χ4n) is 3.10. The zero-order valence-corrected chi connectivity index (χ0v) is 17.3. The van der Waals surface area contributed by atoms with Gasteiger partial charge in [-0.05, 0) is 19.1 Å². The predicted molar refractivity (Wildman–Crippen MR) is 111 cm³/mol. The number of ether oxygens (including phenoxy) is 1. The van der Waals surface area contributed by atoms with Crippen LogP contribution in [0.5, 0.6) is 0 Å². The summed E-state index contributed by atoms with van der Waals surface area (Å²) >= 11 is 0. The van der Waals surface area contributed by atoms with Crippen LogP contribution in [0.15, 0.2) is 29.3 Å².